The second-order valence-electron chi connectivity index (χ2n) is 6.85. The average Bonchev–Trinajstić information content (AvgIpc) is 2.75. The second-order valence-corrected chi connectivity index (χ2v) is 9.21. The third-order valence-corrected chi connectivity index (χ3v) is 5.72. The largest absolute Gasteiger partial charge is 0.487 e. The Morgan fingerprint density at radius 1 is 1.39 bits per heavy atom. The van der Waals surface area contributed by atoms with Gasteiger partial charge in [-0.25, -0.2) is 8.42 Å². The van der Waals surface area contributed by atoms with Crippen molar-refractivity contribution in [2.75, 3.05) is 6.26 Å². The second kappa shape index (κ2) is 6.15. The minimum atomic E-state index is -3.40. The van der Waals surface area contributed by atoms with Gasteiger partial charge in [-0.1, -0.05) is 13.0 Å². The van der Waals surface area contributed by atoms with Crippen LogP contribution in [0, 0.1) is 0 Å². The highest BCUT2D eigenvalue weighted by atomic mass is 32.2. The summed E-state index contributed by atoms with van der Waals surface area (Å²) in [5.41, 5.74) is 1.88. The maximum atomic E-state index is 12.2. The normalized spacial score (nSPS) is 18.7. The number of amides is 1. The van der Waals surface area contributed by atoms with E-state index in [4.69, 9.17) is 4.74 Å². The van der Waals surface area contributed by atoms with E-state index in [0.717, 1.165) is 29.6 Å². The Bertz CT molecular complexity index is 709. The molecule has 2 rings (SSSR count). The standard InChI is InChI=1S/C17H25NO4S/c1-6-14(18-16(19)11(2)23(5,20)21)12-7-8-15-13(9-12)10-17(3,4)22-15/h7-9,11,14H,6,10H2,1-5H3,(H,18,19)/t11-,14-/m0/s1. The number of nitrogens with one attached hydrogen (secondary N) is 1. The summed E-state index contributed by atoms with van der Waals surface area (Å²) in [5, 5.41) is 1.79. The first-order chi connectivity index (χ1) is 10.5. The van der Waals surface area contributed by atoms with Gasteiger partial charge in [-0.05, 0) is 50.5 Å². The zero-order valence-electron chi connectivity index (χ0n) is 14.3. The number of carbonyl (C=O) groups excluding carboxylic acids is 1. The lowest BCUT2D eigenvalue weighted by Gasteiger charge is -2.20. The molecule has 1 aliphatic heterocycles. The highest BCUT2D eigenvalue weighted by molar-refractivity contribution is 7.92. The van der Waals surface area contributed by atoms with Gasteiger partial charge in [0, 0.05) is 12.7 Å². The van der Waals surface area contributed by atoms with E-state index < -0.39 is 21.0 Å². The number of hydrogen-bond donors (Lipinski definition) is 1. The molecule has 0 saturated heterocycles. The van der Waals surface area contributed by atoms with Gasteiger partial charge < -0.3 is 10.1 Å². The van der Waals surface area contributed by atoms with Crippen molar-refractivity contribution in [3.63, 3.8) is 0 Å². The molecular weight excluding hydrogens is 314 g/mol. The molecule has 0 bridgehead atoms. The highest BCUT2D eigenvalue weighted by Crippen LogP contribution is 2.36. The Labute approximate surface area is 138 Å². The molecular formula is C17H25NO4S. The van der Waals surface area contributed by atoms with Crippen molar-refractivity contribution in [2.24, 2.45) is 0 Å². The van der Waals surface area contributed by atoms with Crippen LogP contribution in [0.2, 0.25) is 0 Å². The summed E-state index contributed by atoms with van der Waals surface area (Å²) in [7, 11) is -3.40. The monoisotopic (exact) mass is 339 g/mol. The number of benzene rings is 1. The number of ether oxygens (including phenoxy) is 1. The molecule has 0 fully saturated rings. The molecule has 1 heterocycles. The van der Waals surface area contributed by atoms with Gasteiger partial charge in [-0.2, -0.15) is 0 Å². The lowest BCUT2D eigenvalue weighted by atomic mass is 9.97. The molecule has 0 unspecified atom stereocenters. The maximum Gasteiger partial charge on any atom is 0.238 e. The van der Waals surface area contributed by atoms with Gasteiger partial charge in [0.05, 0.1) is 6.04 Å². The smallest absolute Gasteiger partial charge is 0.238 e. The Morgan fingerprint density at radius 2 is 2.04 bits per heavy atom. The quantitative estimate of drug-likeness (QED) is 0.894. The fourth-order valence-corrected chi connectivity index (χ4v) is 3.21. The number of hydrogen-bond acceptors (Lipinski definition) is 4. The lowest BCUT2D eigenvalue weighted by molar-refractivity contribution is -0.121. The summed E-state index contributed by atoms with van der Waals surface area (Å²) >= 11 is 0. The van der Waals surface area contributed by atoms with Gasteiger partial charge >= 0.3 is 0 Å². The molecule has 0 radical (unpaired) electrons. The lowest BCUT2D eigenvalue weighted by Crippen LogP contribution is -2.39. The Morgan fingerprint density at radius 3 is 2.61 bits per heavy atom. The first-order valence-corrected chi connectivity index (χ1v) is 9.80. The third-order valence-electron chi connectivity index (χ3n) is 4.23. The molecule has 0 aromatic heterocycles. The molecule has 6 heteroatoms. The van der Waals surface area contributed by atoms with Crippen LogP contribution in [0.15, 0.2) is 18.2 Å². The summed E-state index contributed by atoms with van der Waals surface area (Å²) in [6.45, 7) is 7.46. The number of sulfone groups is 1. The Kier molecular flexibility index (Phi) is 4.76. The first-order valence-electron chi connectivity index (χ1n) is 7.84. The minimum Gasteiger partial charge on any atom is -0.487 e. The molecule has 0 spiro atoms. The molecule has 2 atom stereocenters. The van der Waals surface area contributed by atoms with Crippen LogP contribution in [0.5, 0.6) is 5.75 Å². The molecule has 1 aromatic carbocycles. The molecule has 1 aromatic rings. The van der Waals surface area contributed by atoms with Gasteiger partial charge in [0.15, 0.2) is 9.84 Å². The van der Waals surface area contributed by atoms with E-state index in [1.807, 2.05) is 39.0 Å². The molecule has 128 valence electrons. The van der Waals surface area contributed by atoms with Gasteiger partial charge in [0.1, 0.15) is 16.6 Å². The van der Waals surface area contributed by atoms with Gasteiger partial charge in [0.2, 0.25) is 5.91 Å². The van der Waals surface area contributed by atoms with Crippen molar-refractivity contribution in [1.82, 2.24) is 5.32 Å². The number of fused-ring (bicyclic) bond motifs is 1. The van der Waals surface area contributed by atoms with E-state index in [0.29, 0.717) is 6.42 Å². The van der Waals surface area contributed by atoms with Gasteiger partial charge in [-0.3, -0.25) is 4.79 Å². The Hall–Kier alpha value is -1.56. The van der Waals surface area contributed by atoms with Crippen LogP contribution in [-0.4, -0.2) is 31.4 Å². The van der Waals surface area contributed by atoms with Crippen LogP contribution < -0.4 is 10.1 Å². The predicted octanol–water partition coefficient (Wildman–Crippen LogP) is 2.40. The summed E-state index contributed by atoms with van der Waals surface area (Å²) < 4.78 is 28.9. The van der Waals surface area contributed by atoms with Crippen molar-refractivity contribution in [1.29, 1.82) is 0 Å². The summed E-state index contributed by atoms with van der Waals surface area (Å²) in [6.07, 6.45) is 2.58. The van der Waals surface area contributed by atoms with Crippen molar-refractivity contribution < 1.29 is 17.9 Å². The SMILES string of the molecule is CC[C@H](NC(=O)[C@H](C)S(C)(=O)=O)c1ccc2c(c1)CC(C)(C)O2. The summed E-state index contributed by atoms with van der Waals surface area (Å²) in [4.78, 5) is 12.2. The molecule has 0 aliphatic carbocycles. The highest BCUT2D eigenvalue weighted by Gasteiger charge is 2.31. The van der Waals surface area contributed by atoms with E-state index in [-0.39, 0.29) is 11.6 Å². The van der Waals surface area contributed by atoms with E-state index >= 15 is 0 Å². The number of rotatable bonds is 5. The third kappa shape index (κ3) is 4.05. The molecule has 1 N–H and O–H groups in total. The molecule has 1 amide bonds. The predicted molar refractivity (Wildman–Crippen MR) is 90.3 cm³/mol. The number of carbonyl (C=O) groups is 1. The average molecular weight is 339 g/mol. The molecule has 1 aliphatic rings. The molecule has 5 nitrogen and oxygen atoms in total. The summed E-state index contributed by atoms with van der Waals surface area (Å²) in [5.74, 6) is 0.417. The van der Waals surface area contributed by atoms with Crippen molar-refractivity contribution >= 4 is 15.7 Å². The van der Waals surface area contributed by atoms with Crippen LogP contribution in [-0.2, 0) is 21.1 Å². The minimum absolute atomic E-state index is 0.208. The van der Waals surface area contributed by atoms with E-state index in [1.54, 1.807) is 0 Å². The van der Waals surface area contributed by atoms with Crippen LogP contribution in [0.25, 0.3) is 0 Å². The molecule has 0 saturated carbocycles. The van der Waals surface area contributed by atoms with Crippen molar-refractivity contribution in [3.8, 4) is 5.75 Å². The van der Waals surface area contributed by atoms with Gasteiger partial charge in [-0.15, -0.1) is 0 Å². The maximum absolute atomic E-state index is 12.2. The van der Waals surface area contributed by atoms with E-state index in [9.17, 15) is 13.2 Å². The van der Waals surface area contributed by atoms with Crippen molar-refractivity contribution in [3.05, 3.63) is 29.3 Å². The molecule has 23 heavy (non-hydrogen) atoms. The first kappa shape index (κ1) is 17.8. The van der Waals surface area contributed by atoms with E-state index in [2.05, 4.69) is 5.32 Å². The van der Waals surface area contributed by atoms with Crippen LogP contribution >= 0.6 is 0 Å². The van der Waals surface area contributed by atoms with Crippen LogP contribution in [0.4, 0.5) is 0 Å². The van der Waals surface area contributed by atoms with Crippen molar-refractivity contribution in [2.45, 2.75) is 57.4 Å². The topological polar surface area (TPSA) is 72.5 Å². The summed E-state index contributed by atoms with van der Waals surface area (Å²) in [6, 6.07) is 5.69. The van der Waals surface area contributed by atoms with Gasteiger partial charge in [0.25, 0.3) is 0 Å². The Balaban J connectivity index is 2.18. The van der Waals surface area contributed by atoms with E-state index in [1.165, 1.54) is 6.92 Å². The zero-order chi connectivity index (χ0) is 17.4. The fraction of sp³-hybridized carbons (Fsp3) is 0.588. The van der Waals surface area contributed by atoms with Crippen LogP contribution in [0.3, 0.4) is 0 Å². The fourth-order valence-electron chi connectivity index (χ4n) is 2.75. The zero-order valence-corrected chi connectivity index (χ0v) is 15.2. The van der Waals surface area contributed by atoms with Crippen LogP contribution in [0.1, 0.15) is 51.3 Å².